The Balaban J connectivity index is 0.00000450. The number of nitrogens with zero attached hydrogens (tertiary/aromatic N) is 2. The van der Waals surface area contributed by atoms with E-state index >= 15 is 0 Å². The van der Waals surface area contributed by atoms with Gasteiger partial charge in [-0.3, -0.25) is 4.79 Å². The highest BCUT2D eigenvalue weighted by molar-refractivity contribution is 14.0. The fraction of sp³-hybridized carbons (Fsp3) is 0.455. The maximum atomic E-state index is 13.3. The fourth-order valence-corrected chi connectivity index (χ4v) is 2.78. The summed E-state index contributed by atoms with van der Waals surface area (Å²) >= 11 is 0. The van der Waals surface area contributed by atoms with E-state index in [1.807, 2.05) is 26.1 Å². The molecular weight excluding hydrogens is 498 g/mol. The van der Waals surface area contributed by atoms with Crippen LogP contribution in [0.2, 0.25) is 0 Å². The predicted molar refractivity (Wildman–Crippen MR) is 130 cm³/mol. The molecule has 1 aromatic heterocycles. The number of aromatic nitrogens is 1. The van der Waals surface area contributed by atoms with Crippen LogP contribution in [0.25, 0.3) is 0 Å². The van der Waals surface area contributed by atoms with Crippen molar-refractivity contribution in [1.82, 2.24) is 15.2 Å². The average Bonchev–Trinajstić information content (AvgIpc) is 2.72. The van der Waals surface area contributed by atoms with E-state index in [4.69, 9.17) is 4.74 Å². The van der Waals surface area contributed by atoms with Gasteiger partial charge >= 0.3 is 0 Å². The number of aliphatic imine (C=N–C) groups is 1. The number of pyridine rings is 1. The molecule has 1 aromatic carbocycles. The smallest absolute Gasteiger partial charge is 0.250 e. The summed E-state index contributed by atoms with van der Waals surface area (Å²) in [6.07, 6.45) is 4.27. The lowest BCUT2D eigenvalue weighted by Crippen LogP contribution is -2.38. The molecule has 0 saturated heterocycles. The van der Waals surface area contributed by atoms with Gasteiger partial charge in [0, 0.05) is 38.0 Å². The normalized spacial score (nSPS) is 12.0. The first-order valence-corrected chi connectivity index (χ1v) is 10.2. The van der Waals surface area contributed by atoms with Gasteiger partial charge < -0.3 is 19.9 Å². The van der Waals surface area contributed by atoms with Gasteiger partial charge in [-0.25, -0.2) is 9.38 Å². The largest absolute Gasteiger partial charge is 0.488 e. The van der Waals surface area contributed by atoms with E-state index in [2.05, 4.69) is 15.6 Å². The molecule has 0 radical (unpaired) electrons. The van der Waals surface area contributed by atoms with Crippen LogP contribution >= 0.6 is 24.0 Å². The van der Waals surface area contributed by atoms with Crippen molar-refractivity contribution < 1.29 is 9.13 Å². The summed E-state index contributed by atoms with van der Waals surface area (Å²) in [6.45, 7) is 6.73. The van der Waals surface area contributed by atoms with Gasteiger partial charge in [0.15, 0.2) is 5.96 Å². The third-order valence-corrected chi connectivity index (χ3v) is 4.37. The van der Waals surface area contributed by atoms with Crippen LogP contribution in [0.15, 0.2) is 58.4 Å². The maximum Gasteiger partial charge on any atom is 0.250 e. The Morgan fingerprint density at radius 2 is 2.00 bits per heavy atom. The van der Waals surface area contributed by atoms with Crippen molar-refractivity contribution in [3.8, 4) is 5.75 Å². The highest BCUT2D eigenvalue weighted by Gasteiger charge is 2.09. The van der Waals surface area contributed by atoms with E-state index in [1.54, 1.807) is 28.8 Å². The zero-order valence-electron chi connectivity index (χ0n) is 17.6. The van der Waals surface area contributed by atoms with Crippen molar-refractivity contribution in [3.63, 3.8) is 0 Å². The lowest BCUT2D eigenvalue weighted by molar-refractivity contribution is 0.205. The highest BCUT2D eigenvalue weighted by Crippen LogP contribution is 2.15. The number of aryl methyl sites for hydroxylation is 1. The van der Waals surface area contributed by atoms with E-state index in [9.17, 15) is 9.18 Å². The molecule has 1 atom stereocenters. The molecule has 1 heterocycles. The molecule has 0 fully saturated rings. The van der Waals surface area contributed by atoms with Gasteiger partial charge in [0.25, 0.3) is 0 Å². The summed E-state index contributed by atoms with van der Waals surface area (Å²) < 4.78 is 20.9. The Hall–Kier alpha value is -2.10. The lowest BCUT2D eigenvalue weighted by Gasteiger charge is -2.17. The van der Waals surface area contributed by atoms with Crippen LogP contribution < -0.4 is 20.9 Å². The molecular formula is C22H32FIN4O2. The zero-order chi connectivity index (χ0) is 20.9. The van der Waals surface area contributed by atoms with Crippen molar-refractivity contribution in [2.45, 2.75) is 45.8 Å². The van der Waals surface area contributed by atoms with Crippen LogP contribution in [-0.4, -0.2) is 36.3 Å². The van der Waals surface area contributed by atoms with Gasteiger partial charge in [-0.2, -0.15) is 0 Å². The van der Waals surface area contributed by atoms with E-state index in [1.165, 1.54) is 12.1 Å². The van der Waals surface area contributed by atoms with Crippen LogP contribution in [0.4, 0.5) is 4.39 Å². The number of unbranched alkanes of at least 4 members (excludes halogenated alkanes) is 1. The molecule has 0 aliphatic heterocycles. The van der Waals surface area contributed by atoms with E-state index in [0.717, 1.165) is 38.3 Å². The van der Waals surface area contributed by atoms with E-state index in [0.29, 0.717) is 18.8 Å². The van der Waals surface area contributed by atoms with Crippen molar-refractivity contribution >= 4 is 29.9 Å². The molecule has 2 rings (SSSR count). The second kappa shape index (κ2) is 14.8. The second-order valence-corrected chi connectivity index (χ2v) is 6.69. The van der Waals surface area contributed by atoms with Gasteiger partial charge in [0.05, 0.1) is 6.54 Å². The Bertz CT molecular complexity index is 829. The minimum atomic E-state index is -0.311. The molecule has 0 bridgehead atoms. The molecule has 0 aliphatic rings. The zero-order valence-corrected chi connectivity index (χ0v) is 20.0. The lowest BCUT2D eigenvalue weighted by atomic mass is 10.2. The second-order valence-electron chi connectivity index (χ2n) is 6.69. The molecule has 30 heavy (non-hydrogen) atoms. The van der Waals surface area contributed by atoms with Gasteiger partial charge in [-0.05, 0) is 44.4 Å². The number of benzene rings is 1. The SMILES string of the molecule is CCNC(=NCC(CC)Oc1cccc(F)c1)NCCCCn1ccccc1=O.I. The molecule has 2 N–H and O–H groups in total. The van der Waals surface area contributed by atoms with Crippen molar-refractivity contribution in [1.29, 1.82) is 0 Å². The van der Waals surface area contributed by atoms with Crippen LogP contribution in [0.1, 0.15) is 33.1 Å². The third kappa shape index (κ3) is 9.60. The Kier molecular flexibility index (Phi) is 12.8. The molecule has 0 spiro atoms. The van der Waals surface area contributed by atoms with E-state index < -0.39 is 0 Å². The van der Waals surface area contributed by atoms with Crippen LogP contribution in [0.3, 0.4) is 0 Å². The number of guanidine groups is 1. The maximum absolute atomic E-state index is 13.3. The minimum absolute atomic E-state index is 0. The number of hydrogen-bond donors (Lipinski definition) is 2. The van der Waals surface area contributed by atoms with E-state index in [-0.39, 0.29) is 41.5 Å². The number of halogens is 2. The van der Waals surface area contributed by atoms with Gasteiger partial charge in [0.2, 0.25) is 5.56 Å². The Labute approximate surface area is 195 Å². The summed E-state index contributed by atoms with van der Waals surface area (Å²) in [5, 5.41) is 6.53. The number of ether oxygens (including phenoxy) is 1. The van der Waals surface area contributed by atoms with Gasteiger partial charge in [0.1, 0.15) is 17.7 Å². The monoisotopic (exact) mass is 530 g/mol. The Morgan fingerprint density at radius 1 is 1.17 bits per heavy atom. The summed E-state index contributed by atoms with van der Waals surface area (Å²) in [7, 11) is 0. The first-order chi connectivity index (χ1) is 14.1. The minimum Gasteiger partial charge on any atom is -0.488 e. The first-order valence-electron chi connectivity index (χ1n) is 10.2. The van der Waals surface area contributed by atoms with Crippen LogP contribution in [0, 0.1) is 5.82 Å². The summed E-state index contributed by atoms with van der Waals surface area (Å²) in [6, 6.07) is 11.4. The molecule has 8 heteroatoms. The topological polar surface area (TPSA) is 67.7 Å². The van der Waals surface area contributed by atoms with Gasteiger partial charge in [-0.1, -0.05) is 19.1 Å². The molecule has 166 valence electrons. The molecule has 6 nitrogen and oxygen atoms in total. The summed E-state index contributed by atoms with van der Waals surface area (Å²) in [5.74, 6) is 0.931. The van der Waals surface area contributed by atoms with Crippen molar-refractivity contribution in [3.05, 3.63) is 64.8 Å². The average molecular weight is 530 g/mol. The molecule has 2 aromatic rings. The van der Waals surface area contributed by atoms with Gasteiger partial charge in [-0.15, -0.1) is 24.0 Å². The molecule has 1 unspecified atom stereocenters. The standard InChI is InChI=1S/C22H31FN4O2.HI/c1-3-19(29-20-11-9-10-18(23)16-20)17-26-22(24-4-2)25-13-6-8-15-27-14-7-5-12-21(27)28;/h5,7,9-12,14,16,19H,3-4,6,8,13,15,17H2,1-2H3,(H2,24,25,26);1H. The summed E-state index contributed by atoms with van der Waals surface area (Å²) in [4.78, 5) is 16.3. The molecule has 0 amide bonds. The number of nitrogens with one attached hydrogen (secondary N) is 2. The summed E-state index contributed by atoms with van der Waals surface area (Å²) in [5.41, 5.74) is 0.0271. The number of hydrogen-bond acceptors (Lipinski definition) is 3. The predicted octanol–water partition coefficient (Wildman–Crippen LogP) is 3.80. The number of rotatable bonds is 11. The van der Waals surface area contributed by atoms with Crippen LogP contribution in [-0.2, 0) is 6.54 Å². The quantitative estimate of drug-likeness (QED) is 0.201. The first kappa shape index (κ1) is 25.9. The fourth-order valence-electron chi connectivity index (χ4n) is 2.78. The Morgan fingerprint density at radius 3 is 2.70 bits per heavy atom. The highest BCUT2D eigenvalue weighted by atomic mass is 127. The van der Waals surface area contributed by atoms with Crippen molar-refractivity contribution in [2.24, 2.45) is 4.99 Å². The molecule has 0 saturated carbocycles. The van der Waals surface area contributed by atoms with Crippen molar-refractivity contribution in [2.75, 3.05) is 19.6 Å². The van der Waals surface area contributed by atoms with Crippen LogP contribution in [0.5, 0.6) is 5.75 Å². The third-order valence-electron chi connectivity index (χ3n) is 4.37. The molecule has 0 aliphatic carbocycles.